The van der Waals surface area contributed by atoms with Gasteiger partial charge < -0.3 is 10.2 Å². The zero-order valence-corrected chi connectivity index (χ0v) is 11.2. The molecule has 0 saturated heterocycles. The predicted octanol–water partition coefficient (Wildman–Crippen LogP) is 1.99. The van der Waals surface area contributed by atoms with Gasteiger partial charge in [-0.15, -0.1) is 0 Å². The molecule has 2 atom stereocenters. The number of halogens is 4. The van der Waals surface area contributed by atoms with Crippen LogP contribution in [0.3, 0.4) is 0 Å². The smallest absolute Gasteiger partial charge is 0.250 e. The van der Waals surface area contributed by atoms with Crippen LogP contribution in [0.2, 0.25) is 0 Å². The highest BCUT2D eigenvalue weighted by atomic mass is 127. The maximum atomic E-state index is 13.1. The highest BCUT2D eigenvalue weighted by molar-refractivity contribution is 14.1. The van der Waals surface area contributed by atoms with E-state index in [1.54, 1.807) is 45.2 Å². The minimum atomic E-state index is -2.79. The Morgan fingerprint density at radius 2 is 1.31 bits per heavy atom. The van der Waals surface area contributed by atoms with E-state index in [4.69, 9.17) is 10.2 Å². The van der Waals surface area contributed by atoms with E-state index in [0.29, 0.717) is 0 Å². The van der Waals surface area contributed by atoms with E-state index in [-0.39, 0.29) is 26.1 Å². The Kier molecular flexibility index (Phi) is 7.31. The molecule has 0 saturated carbocycles. The molecule has 0 aliphatic heterocycles. The van der Waals surface area contributed by atoms with Crippen LogP contribution in [0.4, 0.5) is 8.78 Å². The SMILES string of the molecule is OCC(I)CC(F)(F)CC(I)CO. The van der Waals surface area contributed by atoms with Crippen molar-refractivity contribution in [1.82, 2.24) is 0 Å². The summed E-state index contributed by atoms with van der Waals surface area (Å²) in [4.78, 5) is 0. The average molecular weight is 420 g/mol. The van der Waals surface area contributed by atoms with Gasteiger partial charge in [0.1, 0.15) is 0 Å². The minimum absolute atomic E-state index is 0.235. The van der Waals surface area contributed by atoms with E-state index in [2.05, 4.69) is 0 Å². The summed E-state index contributed by atoms with van der Waals surface area (Å²) in [6.45, 7) is -0.470. The maximum absolute atomic E-state index is 13.1. The van der Waals surface area contributed by atoms with Gasteiger partial charge in [0.2, 0.25) is 5.92 Å². The number of hydrogen-bond donors (Lipinski definition) is 2. The summed E-state index contributed by atoms with van der Waals surface area (Å²) in [7, 11) is 0. The van der Waals surface area contributed by atoms with Crippen molar-refractivity contribution >= 4 is 45.2 Å². The van der Waals surface area contributed by atoms with Gasteiger partial charge in [-0.05, 0) is 0 Å². The highest BCUT2D eigenvalue weighted by Gasteiger charge is 2.33. The Morgan fingerprint density at radius 3 is 1.54 bits per heavy atom. The van der Waals surface area contributed by atoms with Gasteiger partial charge in [0.25, 0.3) is 0 Å². The van der Waals surface area contributed by atoms with E-state index in [9.17, 15) is 8.78 Å². The van der Waals surface area contributed by atoms with Gasteiger partial charge in [-0.3, -0.25) is 0 Å². The Labute approximate surface area is 103 Å². The Balaban J connectivity index is 3.92. The molecule has 0 bridgehead atoms. The molecule has 0 aliphatic carbocycles. The fourth-order valence-electron chi connectivity index (χ4n) is 0.861. The molecule has 0 fully saturated rings. The van der Waals surface area contributed by atoms with Crippen molar-refractivity contribution in [3.05, 3.63) is 0 Å². The van der Waals surface area contributed by atoms with Crippen molar-refractivity contribution in [3.8, 4) is 0 Å². The molecule has 0 aromatic rings. The monoisotopic (exact) mass is 420 g/mol. The number of aliphatic hydroxyl groups is 2. The van der Waals surface area contributed by atoms with Crippen LogP contribution in [0.25, 0.3) is 0 Å². The topological polar surface area (TPSA) is 40.5 Å². The third-order valence-corrected chi connectivity index (χ3v) is 3.11. The Hall–Kier alpha value is 1.24. The van der Waals surface area contributed by atoms with Crippen LogP contribution in [-0.4, -0.2) is 37.2 Å². The Bertz CT molecular complexity index is 132. The summed E-state index contributed by atoms with van der Waals surface area (Å²) < 4.78 is 25.3. The number of rotatable bonds is 6. The minimum Gasteiger partial charge on any atom is -0.395 e. The van der Waals surface area contributed by atoms with Crippen LogP contribution < -0.4 is 0 Å². The second kappa shape index (κ2) is 6.67. The maximum Gasteiger partial charge on any atom is 0.250 e. The Morgan fingerprint density at radius 1 is 1.00 bits per heavy atom. The highest BCUT2D eigenvalue weighted by Crippen LogP contribution is 2.30. The van der Waals surface area contributed by atoms with Crippen molar-refractivity contribution in [1.29, 1.82) is 0 Å². The molecule has 80 valence electrons. The molecule has 0 aliphatic rings. The van der Waals surface area contributed by atoms with E-state index in [0.717, 1.165) is 0 Å². The van der Waals surface area contributed by atoms with E-state index in [1.165, 1.54) is 0 Å². The fourth-order valence-corrected chi connectivity index (χ4v) is 2.15. The van der Waals surface area contributed by atoms with Gasteiger partial charge in [0, 0.05) is 20.7 Å². The number of hydrogen-bond acceptors (Lipinski definition) is 2. The van der Waals surface area contributed by atoms with Gasteiger partial charge >= 0.3 is 0 Å². The molecular formula is C7H12F2I2O2. The zero-order valence-electron chi connectivity index (χ0n) is 6.89. The molecule has 0 aromatic carbocycles. The van der Waals surface area contributed by atoms with Crippen LogP contribution in [-0.2, 0) is 0 Å². The third kappa shape index (κ3) is 7.20. The first-order chi connectivity index (χ1) is 5.91. The van der Waals surface area contributed by atoms with Crippen molar-refractivity contribution in [2.45, 2.75) is 26.6 Å². The lowest BCUT2D eigenvalue weighted by atomic mass is 10.1. The molecule has 6 heteroatoms. The summed E-state index contributed by atoms with van der Waals surface area (Å²) in [5.41, 5.74) is 0. The molecule has 2 N–H and O–H groups in total. The van der Waals surface area contributed by atoms with Crippen LogP contribution in [0.15, 0.2) is 0 Å². The van der Waals surface area contributed by atoms with Crippen molar-refractivity contribution in [3.63, 3.8) is 0 Å². The van der Waals surface area contributed by atoms with Gasteiger partial charge in [0.15, 0.2) is 0 Å². The van der Waals surface area contributed by atoms with E-state index >= 15 is 0 Å². The quantitative estimate of drug-likeness (QED) is 0.510. The second-order valence-corrected chi connectivity index (χ2v) is 6.35. The zero-order chi connectivity index (χ0) is 10.5. The first-order valence-corrected chi connectivity index (χ1v) is 6.28. The summed E-state index contributed by atoms with van der Waals surface area (Å²) in [6.07, 6.45) is -0.660. The summed E-state index contributed by atoms with van der Waals surface area (Å²) in [6, 6.07) is 0. The normalized spacial score (nSPS) is 17.1. The standard InChI is InChI=1S/C7H12F2I2O2/c8-7(9,1-5(10)3-12)2-6(11)4-13/h5-6,12-13H,1-4H2. The van der Waals surface area contributed by atoms with Crippen LogP contribution in [0.5, 0.6) is 0 Å². The van der Waals surface area contributed by atoms with Crippen LogP contribution in [0, 0.1) is 0 Å². The molecule has 0 spiro atoms. The van der Waals surface area contributed by atoms with Crippen molar-refractivity contribution in [2.24, 2.45) is 0 Å². The molecule has 13 heavy (non-hydrogen) atoms. The molecule has 0 rings (SSSR count). The molecule has 2 unspecified atom stereocenters. The van der Waals surface area contributed by atoms with Gasteiger partial charge in [-0.25, -0.2) is 8.78 Å². The summed E-state index contributed by atoms with van der Waals surface area (Å²) >= 11 is 3.59. The van der Waals surface area contributed by atoms with Gasteiger partial charge in [-0.1, -0.05) is 45.2 Å². The molecule has 0 radical (unpaired) electrons. The molecular weight excluding hydrogens is 408 g/mol. The summed E-state index contributed by atoms with van der Waals surface area (Å²) in [5, 5.41) is 17.2. The third-order valence-electron chi connectivity index (χ3n) is 1.44. The van der Waals surface area contributed by atoms with E-state index < -0.39 is 13.8 Å². The van der Waals surface area contributed by atoms with Crippen LogP contribution in [0.1, 0.15) is 12.8 Å². The first-order valence-electron chi connectivity index (χ1n) is 3.79. The van der Waals surface area contributed by atoms with Crippen molar-refractivity contribution in [2.75, 3.05) is 13.2 Å². The lowest BCUT2D eigenvalue weighted by Gasteiger charge is -2.20. The first kappa shape index (κ1) is 14.2. The van der Waals surface area contributed by atoms with E-state index in [1.807, 2.05) is 0 Å². The average Bonchev–Trinajstić information content (AvgIpc) is 2.02. The second-order valence-electron chi connectivity index (χ2n) is 2.82. The predicted molar refractivity (Wildman–Crippen MR) is 64.0 cm³/mol. The number of aliphatic hydroxyl groups excluding tert-OH is 2. The van der Waals surface area contributed by atoms with Gasteiger partial charge in [-0.2, -0.15) is 0 Å². The number of alkyl halides is 4. The lowest BCUT2D eigenvalue weighted by molar-refractivity contribution is -0.0201. The van der Waals surface area contributed by atoms with Crippen LogP contribution >= 0.6 is 45.2 Å². The van der Waals surface area contributed by atoms with Crippen molar-refractivity contribution < 1.29 is 19.0 Å². The molecule has 2 nitrogen and oxygen atoms in total. The fraction of sp³-hybridized carbons (Fsp3) is 1.00. The summed E-state index contributed by atoms with van der Waals surface area (Å²) in [5.74, 6) is -2.79. The van der Waals surface area contributed by atoms with Gasteiger partial charge in [0.05, 0.1) is 13.2 Å². The molecule has 0 aromatic heterocycles. The largest absolute Gasteiger partial charge is 0.395 e. The molecule has 0 amide bonds. The lowest BCUT2D eigenvalue weighted by Crippen LogP contribution is -2.27. The molecule has 0 heterocycles.